The number of H-pyrrole nitrogens is 1. The molecule has 0 unspecified atom stereocenters. The fourth-order valence-electron chi connectivity index (χ4n) is 0.648. The van der Waals surface area contributed by atoms with Crippen LogP contribution in [0.1, 0.15) is 12.1 Å². The second-order valence-corrected chi connectivity index (χ2v) is 3.95. The molecule has 12 heavy (non-hydrogen) atoms. The molecule has 1 N–H and O–H groups in total. The average molecular weight is 350 g/mol. The third kappa shape index (κ3) is 2.03. The van der Waals surface area contributed by atoms with Crippen molar-refractivity contribution in [3.05, 3.63) is 30.2 Å². The van der Waals surface area contributed by atoms with Gasteiger partial charge in [-0.2, -0.15) is 0 Å². The lowest BCUT2D eigenvalue weighted by atomic mass is 10.4. The summed E-state index contributed by atoms with van der Waals surface area (Å²) >= 11 is 4.78. The van der Waals surface area contributed by atoms with Crippen LogP contribution in [0.15, 0.2) is 15.3 Å². The van der Waals surface area contributed by atoms with Gasteiger partial charge in [-0.3, -0.25) is 4.79 Å². The van der Waals surface area contributed by atoms with Crippen molar-refractivity contribution in [3.8, 4) is 0 Å². The second-order valence-electron chi connectivity index (χ2n) is 2.02. The van der Waals surface area contributed by atoms with E-state index >= 15 is 0 Å². The van der Waals surface area contributed by atoms with Crippen LogP contribution in [-0.2, 0) is 0 Å². The van der Waals surface area contributed by atoms with Gasteiger partial charge in [0.1, 0.15) is 0 Å². The van der Waals surface area contributed by atoms with E-state index in [2.05, 4.69) is 20.9 Å². The Morgan fingerprint density at radius 1 is 1.58 bits per heavy atom. The molecule has 0 spiro atoms. The van der Waals surface area contributed by atoms with Crippen LogP contribution < -0.4 is 5.56 Å². The number of aromatic nitrogens is 1. The van der Waals surface area contributed by atoms with Crippen LogP contribution in [0.4, 0.5) is 8.78 Å². The smallest absolute Gasteiger partial charge is 0.278 e. The summed E-state index contributed by atoms with van der Waals surface area (Å²) < 4.78 is 24.9. The number of aromatic amines is 1. The van der Waals surface area contributed by atoms with Gasteiger partial charge in [0, 0.05) is 4.47 Å². The van der Waals surface area contributed by atoms with Crippen LogP contribution in [-0.4, -0.2) is 4.98 Å². The Balaban J connectivity index is 3.31. The number of nitrogens with one attached hydrogen (secondary N) is 1. The molecule has 0 atom stereocenters. The third-order valence-corrected chi connectivity index (χ3v) is 3.62. The molecular weight excluding hydrogens is 347 g/mol. The predicted molar refractivity (Wildman–Crippen MR) is 52.4 cm³/mol. The van der Waals surface area contributed by atoms with E-state index in [1.54, 1.807) is 22.6 Å². The third-order valence-electron chi connectivity index (χ3n) is 1.18. The minimum atomic E-state index is -2.65. The largest absolute Gasteiger partial charge is 0.320 e. The van der Waals surface area contributed by atoms with Gasteiger partial charge in [0.25, 0.3) is 12.0 Å². The number of alkyl halides is 2. The zero-order chi connectivity index (χ0) is 9.30. The highest BCUT2D eigenvalue weighted by atomic mass is 127. The predicted octanol–water partition coefficient (Wildman–Crippen LogP) is 2.68. The number of rotatable bonds is 1. The van der Waals surface area contributed by atoms with Crippen LogP contribution in [0.3, 0.4) is 0 Å². The minimum absolute atomic E-state index is 0.368. The van der Waals surface area contributed by atoms with E-state index in [1.165, 1.54) is 6.07 Å². The molecule has 0 aliphatic heterocycles. The minimum Gasteiger partial charge on any atom is -0.320 e. The summed E-state index contributed by atoms with van der Waals surface area (Å²) in [7, 11) is 0. The molecule has 0 aliphatic carbocycles. The lowest BCUT2D eigenvalue weighted by molar-refractivity contribution is 0.145. The van der Waals surface area contributed by atoms with Gasteiger partial charge in [-0.1, -0.05) is 0 Å². The van der Waals surface area contributed by atoms with Crippen LogP contribution in [0, 0.1) is 3.57 Å². The lowest BCUT2D eigenvalue weighted by Crippen LogP contribution is -2.12. The van der Waals surface area contributed by atoms with Gasteiger partial charge >= 0.3 is 0 Å². The molecule has 1 aromatic rings. The number of hydrogen-bond acceptors (Lipinski definition) is 1. The monoisotopic (exact) mass is 349 g/mol. The molecule has 66 valence electrons. The van der Waals surface area contributed by atoms with Gasteiger partial charge in [0.05, 0.1) is 9.26 Å². The molecule has 0 fully saturated rings. The summed E-state index contributed by atoms with van der Waals surface area (Å²) in [5.41, 5.74) is -0.868. The Kier molecular flexibility index (Phi) is 3.22. The van der Waals surface area contributed by atoms with Crippen LogP contribution in [0.2, 0.25) is 0 Å². The first kappa shape index (κ1) is 10.1. The molecule has 0 saturated heterocycles. The highest BCUT2D eigenvalue weighted by Crippen LogP contribution is 2.21. The quantitative estimate of drug-likeness (QED) is 0.777. The Labute approximate surface area is 88.6 Å². The van der Waals surface area contributed by atoms with Crippen molar-refractivity contribution in [2.45, 2.75) is 6.43 Å². The van der Waals surface area contributed by atoms with E-state index in [4.69, 9.17) is 0 Å². The van der Waals surface area contributed by atoms with Crippen molar-refractivity contribution in [2.24, 2.45) is 0 Å². The van der Waals surface area contributed by atoms with Crippen molar-refractivity contribution >= 4 is 38.5 Å². The van der Waals surface area contributed by atoms with Crippen molar-refractivity contribution in [3.63, 3.8) is 0 Å². The maximum atomic E-state index is 12.1. The first-order valence-corrected chi connectivity index (χ1v) is 4.76. The summed E-state index contributed by atoms with van der Waals surface area (Å²) in [4.78, 5) is 13.0. The van der Waals surface area contributed by atoms with Gasteiger partial charge in [0.2, 0.25) is 0 Å². The first-order valence-electron chi connectivity index (χ1n) is 2.88. The Morgan fingerprint density at radius 3 is 2.58 bits per heavy atom. The molecule has 1 rings (SSSR count). The van der Waals surface area contributed by atoms with E-state index in [1.807, 2.05) is 0 Å². The maximum Gasteiger partial charge on any atom is 0.278 e. The van der Waals surface area contributed by atoms with Crippen molar-refractivity contribution in [1.29, 1.82) is 0 Å². The Morgan fingerprint density at radius 2 is 2.17 bits per heavy atom. The summed E-state index contributed by atoms with van der Waals surface area (Å²) in [5.74, 6) is 0. The van der Waals surface area contributed by atoms with E-state index in [0.717, 1.165) is 0 Å². The Hall–Kier alpha value is 0.0200. The van der Waals surface area contributed by atoms with Crippen molar-refractivity contribution in [1.82, 2.24) is 4.98 Å². The van der Waals surface area contributed by atoms with E-state index < -0.39 is 12.0 Å². The van der Waals surface area contributed by atoms with E-state index in [0.29, 0.717) is 8.04 Å². The van der Waals surface area contributed by atoms with Crippen LogP contribution >= 0.6 is 38.5 Å². The molecular formula is C6H3BrF2INO. The summed E-state index contributed by atoms with van der Waals surface area (Å²) in [6, 6.07) is 1.20. The lowest BCUT2D eigenvalue weighted by Gasteiger charge is -2.00. The molecule has 2 nitrogen and oxygen atoms in total. The van der Waals surface area contributed by atoms with E-state index in [-0.39, 0.29) is 5.69 Å². The van der Waals surface area contributed by atoms with E-state index in [9.17, 15) is 13.6 Å². The molecule has 6 heteroatoms. The number of halogens is 4. The first-order chi connectivity index (χ1) is 5.52. The summed E-state index contributed by atoms with van der Waals surface area (Å²) in [5, 5.41) is 0. The highest BCUT2D eigenvalue weighted by Gasteiger charge is 2.11. The molecule has 1 aromatic heterocycles. The zero-order valence-corrected chi connectivity index (χ0v) is 9.32. The van der Waals surface area contributed by atoms with Crippen molar-refractivity contribution < 1.29 is 8.78 Å². The van der Waals surface area contributed by atoms with Crippen LogP contribution in [0.5, 0.6) is 0 Å². The topological polar surface area (TPSA) is 32.9 Å². The molecule has 0 amide bonds. The maximum absolute atomic E-state index is 12.1. The highest BCUT2D eigenvalue weighted by molar-refractivity contribution is 14.1. The van der Waals surface area contributed by atoms with Gasteiger partial charge in [-0.05, 0) is 44.6 Å². The molecule has 0 saturated carbocycles. The average Bonchev–Trinajstić information content (AvgIpc) is 1.99. The van der Waals surface area contributed by atoms with Crippen molar-refractivity contribution in [2.75, 3.05) is 0 Å². The summed E-state index contributed by atoms with van der Waals surface area (Å²) in [6.07, 6.45) is -2.65. The van der Waals surface area contributed by atoms with Gasteiger partial charge in [-0.15, -0.1) is 0 Å². The zero-order valence-electron chi connectivity index (χ0n) is 5.57. The fourth-order valence-corrected chi connectivity index (χ4v) is 1.37. The summed E-state index contributed by atoms with van der Waals surface area (Å²) in [6.45, 7) is 0. The molecule has 0 radical (unpaired) electrons. The fraction of sp³-hybridized carbons (Fsp3) is 0.167. The standard InChI is InChI=1S/C6H3BrF2INO/c7-2-1-3(5(8)9)11-6(12)4(2)10/h1,5H,(H,11,12). The van der Waals surface area contributed by atoms with Gasteiger partial charge in [-0.25, -0.2) is 8.78 Å². The molecule has 0 aliphatic rings. The normalized spacial score (nSPS) is 10.8. The SMILES string of the molecule is O=c1[nH]c(C(F)F)cc(Br)c1I. The van der Waals surface area contributed by atoms with Gasteiger partial charge < -0.3 is 4.98 Å². The molecule has 1 heterocycles. The number of hydrogen-bond donors (Lipinski definition) is 1. The van der Waals surface area contributed by atoms with Gasteiger partial charge in [0.15, 0.2) is 0 Å². The molecule has 0 bridgehead atoms. The second kappa shape index (κ2) is 3.82. The van der Waals surface area contributed by atoms with Crippen LogP contribution in [0.25, 0.3) is 0 Å². The number of pyridine rings is 1. The Bertz CT molecular complexity index is 352. The molecule has 0 aromatic carbocycles.